The zero-order chi connectivity index (χ0) is 14.4. The average molecular weight is 279 g/mol. The molecule has 0 aliphatic carbocycles. The molecule has 0 aromatic rings. The van der Waals surface area contributed by atoms with Gasteiger partial charge in [0.25, 0.3) is 5.91 Å². The molecule has 2 fully saturated rings. The Bertz CT molecular complexity index is 370. The zero-order valence-corrected chi connectivity index (χ0v) is 11.2. The summed E-state index contributed by atoms with van der Waals surface area (Å²) in [6, 6.07) is 0.526. The number of rotatable bonds is 1. The van der Waals surface area contributed by atoms with Crippen molar-refractivity contribution < 1.29 is 18.0 Å². The van der Waals surface area contributed by atoms with Crippen LogP contribution in [-0.4, -0.2) is 59.6 Å². The second-order valence-electron chi connectivity index (χ2n) is 5.79. The van der Waals surface area contributed by atoms with E-state index in [0.717, 1.165) is 19.8 Å². The maximum atomic E-state index is 12.8. The molecular formula is C12H20F3N3O. The highest BCUT2D eigenvalue weighted by atomic mass is 19.4. The summed E-state index contributed by atoms with van der Waals surface area (Å²) < 4.78 is 38.5. The molecule has 1 amide bonds. The molecule has 4 nitrogen and oxygen atoms in total. The van der Waals surface area contributed by atoms with Crippen LogP contribution in [0.3, 0.4) is 0 Å². The first-order valence-corrected chi connectivity index (χ1v) is 6.51. The fourth-order valence-electron chi connectivity index (χ4n) is 2.94. The minimum Gasteiger partial charge on any atom is -0.339 e. The van der Waals surface area contributed by atoms with E-state index in [1.165, 1.54) is 4.90 Å². The summed E-state index contributed by atoms with van der Waals surface area (Å²) in [6.07, 6.45) is -2.02. The molecule has 2 bridgehead atoms. The number of hydrogen-bond donors (Lipinski definition) is 1. The van der Waals surface area contributed by atoms with Gasteiger partial charge in [0.15, 0.2) is 5.54 Å². The smallest absolute Gasteiger partial charge is 0.339 e. The molecule has 0 saturated carbocycles. The van der Waals surface area contributed by atoms with E-state index in [1.807, 2.05) is 7.05 Å². The van der Waals surface area contributed by atoms with Gasteiger partial charge in [-0.15, -0.1) is 0 Å². The van der Waals surface area contributed by atoms with Crippen molar-refractivity contribution in [3.05, 3.63) is 0 Å². The second kappa shape index (κ2) is 4.63. The normalized spacial score (nSPS) is 32.0. The largest absolute Gasteiger partial charge is 0.415 e. The van der Waals surface area contributed by atoms with E-state index in [-0.39, 0.29) is 6.04 Å². The predicted octanol–water partition coefficient (Wildman–Crippen LogP) is 0.961. The second-order valence-corrected chi connectivity index (χ2v) is 5.79. The van der Waals surface area contributed by atoms with Gasteiger partial charge in [-0.1, -0.05) is 0 Å². The summed E-state index contributed by atoms with van der Waals surface area (Å²) in [7, 11) is 1.97. The van der Waals surface area contributed by atoms with Gasteiger partial charge < -0.3 is 10.6 Å². The number of carbonyl (C=O) groups excluding carboxylic acids is 1. The van der Waals surface area contributed by atoms with Gasteiger partial charge in [0.05, 0.1) is 0 Å². The number of fused-ring (bicyclic) bond motifs is 2. The lowest BCUT2D eigenvalue weighted by molar-refractivity contribution is -0.193. The van der Waals surface area contributed by atoms with Gasteiger partial charge in [-0.25, -0.2) is 0 Å². The molecule has 3 unspecified atom stereocenters. The van der Waals surface area contributed by atoms with Crippen LogP contribution in [0.25, 0.3) is 0 Å². The van der Waals surface area contributed by atoms with Crippen molar-refractivity contribution in [3.63, 3.8) is 0 Å². The van der Waals surface area contributed by atoms with Crippen LogP contribution in [0.15, 0.2) is 0 Å². The number of likely N-dealkylation sites (tertiary alicyclic amines) is 1. The summed E-state index contributed by atoms with van der Waals surface area (Å²) in [4.78, 5) is 15.5. The van der Waals surface area contributed by atoms with E-state index in [4.69, 9.17) is 5.73 Å². The summed E-state index contributed by atoms with van der Waals surface area (Å²) >= 11 is 0. The van der Waals surface area contributed by atoms with Crippen LogP contribution >= 0.6 is 0 Å². The SMILES string of the molecule is CN1C2CCC1CN(C(=O)C(C)(N)C(F)(F)F)CC2. The Morgan fingerprint density at radius 1 is 1.21 bits per heavy atom. The van der Waals surface area contributed by atoms with Gasteiger partial charge in [-0.2, -0.15) is 13.2 Å². The first kappa shape index (κ1) is 14.6. The maximum absolute atomic E-state index is 12.8. The van der Waals surface area contributed by atoms with Crippen LogP contribution in [-0.2, 0) is 4.79 Å². The van der Waals surface area contributed by atoms with Gasteiger partial charge >= 0.3 is 6.18 Å². The number of amides is 1. The minimum absolute atomic E-state index is 0.153. The van der Waals surface area contributed by atoms with Crippen LogP contribution < -0.4 is 5.73 Å². The number of halogens is 3. The van der Waals surface area contributed by atoms with Crippen molar-refractivity contribution in [2.75, 3.05) is 20.1 Å². The Morgan fingerprint density at radius 2 is 1.79 bits per heavy atom. The summed E-state index contributed by atoms with van der Waals surface area (Å²) in [5.41, 5.74) is 2.43. The van der Waals surface area contributed by atoms with E-state index in [0.29, 0.717) is 25.6 Å². The highest BCUT2D eigenvalue weighted by Gasteiger charge is 2.56. The number of nitrogens with zero attached hydrogens (tertiary/aromatic N) is 2. The lowest BCUT2D eigenvalue weighted by atomic mass is 9.99. The molecule has 2 N–H and O–H groups in total. The third kappa shape index (κ3) is 2.45. The zero-order valence-electron chi connectivity index (χ0n) is 11.2. The summed E-state index contributed by atoms with van der Waals surface area (Å²) in [6.45, 7) is 1.45. The number of hydrogen-bond acceptors (Lipinski definition) is 3. The van der Waals surface area contributed by atoms with Crippen molar-refractivity contribution in [3.8, 4) is 0 Å². The highest BCUT2D eigenvalue weighted by Crippen LogP contribution is 2.33. The summed E-state index contributed by atoms with van der Waals surface area (Å²) in [5, 5.41) is 0. The first-order valence-electron chi connectivity index (χ1n) is 6.51. The molecule has 0 radical (unpaired) electrons. The standard InChI is InChI=1S/C12H20F3N3O/c1-11(16,12(13,14)15)10(19)18-6-5-8-3-4-9(7-18)17(8)2/h8-9H,3-7,16H2,1-2H3. The number of likely N-dealkylation sites (N-methyl/N-ethyl adjacent to an activating group) is 1. The maximum Gasteiger partial charge on any atom is 0.415 e. The van der Waals surface area contributed by atoms with E-state index in [1.54, 1.807) is 0 Å². The molecule has 3 atom stereocenters. The first-order chi connectivity index (χ1) is 8.64. The molecule has 2 heterocycles. The lowest BCUT2D eigenvalue weighted by Gasteiger charge is -2.34. The van der Waals surface area contributed by atoms with E-state index >= 15 is 0 Å². The van der Waals surface area contributed by atoms with Gasteiger partial charge in [-0.3, -0.25) is 9.69 Å². The molecule has 0 aromatic carbocycles. The predicted molar refractivity (Wildman–Crippen MR) is 64.4 cm³/mol. The van der Waals surface area contributed by atoms with Gasteiger partial charge in [0.1, 0.15) is 0 Å². The fourth-order valence-corrected chi connectivity index (χ4v) is 2.94. The molecule has 2 saturated heterocycles. The van der Waals surface area contributed by atoms with Crippen LogP contribution in [0.2, 0.25) is 0 Å². The monoisotopic (exact) mass is 279 g/mol. The summed E-state index contributed by atoms with van der Waals surface area (Å²) in [5.74, 6) is -1.01. The Kier molecular flexibility index (Phi) is 3.55. The minimum atomic E-state index is -4.72. The van der Waals surface area contributed by atoms with E-state index in [9.17, 15) is 18.0 Å². The average Bonchev–Trinajstić information content (AvgIpc) is 2.50. The van der Waals surface area contributed by atoms with Crippen molar-refractivity contribution >= 4 is 5.91 Å². The van der Waals surface area contributed by atoms with Crippen LogP contribution in [0.4, 0.5) is 13.2 Å². The highest BCUT2D eigenvalue weighted by molar-refractivity contribution is 5.86. The van der Waals surface area contributed by atoms with E-state index in [2.05, 4.69) is 4.90 Å². The molecule has 2 aliphatic rings. The van der Waals surface area contributed by atoms with Crippen LogP contribution in [0, 0.1) is 0 Å². The Morgan fingerprint density at radius 3 is 2.37 bits per heavy atom. The van der Waals surface area contributed by atoms with Crippen molar-refractivity contribution in [1.29, 1.82) is 0 Å². The molecular weight excluding hydrogens is 259 g/mol. The Labute approximate surface area is 110 Å². The molecule has 110 valence electrons. The van der Waals surface area contributed by atoms with Gasteiger partial charge in [0, 0.05) is 25.2 Å². The molecule has 0 spiro atoms. The quantitative estimate of drug-likeness (QED) is 0.778. The van der Waals surface area contributed by atoms with Gasteiger partial charge in [0.2, 0.25) is 0 Å². The number of alkyl halides is 3. The molecule has 19 heavy (non-hydrogen) atoms. The molecule has 7 heteroatoms. The van der Waals surface area contributed by atoms with Crippen LogP contribution in [0.1, 0.15) is 26.2 Å². The van der Waals surface area contributed by atoms with E-state index < -0.39 is 17.6 Å². The third-order valence-corrected chi connectivity index (χ3v) is 4.47. The fraction of sp³-hybridized carbons (Fsp3) is 0.917. The van der Waals surface area contributed by atoms with Crippen molar-refractivity contribution in [1.82, 2.24) is 9.80 Å². The van der Waals surface area contributed by atoms with Crippen molar-refractivity contribution in [2.24, 2.45) is 5.73 Å². The third-order valence-electron chi connectivity index (χ3n) is 4.47. The Hall–Kier alpha value is -0.820. The number of nitrogens with two attached hydrogens (primary N) is 1. The molecule has 2 aliphatic heterocycles. The lowest BCUT2D eigenvalue weighted by Crippen LogP contribution is -2.63. The topological polar surface area (TPSA) is 49.6 Å². The Balaban J connectivity index is 2.13. The van der Waals surface area contributed by atoms with Crippen molar-refractivity contribution in [2.45, 2.75) is 50.0 Å². The van der Waals surface area contributed by atoms with Gasteiger partial charge in [-0.05, 0) is 33.2 Å². The molecule has 2 rings (SSSR count). The number of carbonyl (C=O) groups is 1. The molecule has 0 aromatic heterocycles. The van der Waals surface area contributed by atoms with Crippen LogP contribution in [0.5, 0.6) is 0 Å².